The SMILES string of the molecule is CS(=O)(=O)N(CC(=O)N1CCN(C/C=C/c2ccccc2)CC1)c1ccc(Cl)c(C(F)(F)F)c1. The van der Waals surface area contributed by atoms with E-state index in [-0.39, 0.29) is 5.69 Å². The molecule has 1 aliphatic rings. The first-order valence-corrected chi connectivity index (χ1v) is 12.7. The van der Waals surface area contributed by atoms with Gasteiger partial charge < -0.3 is 4.90 Å². The molecule has 2 aromatic rings. The highest BCUT2D eigenvalue weighted by atomic mass is 35.5. The van der Waals surface area contributed by atoms with Crippen LogP contribution in [-0.2, 0) is 21.0 Å². The zero-order valence-electron chi connectivity index (χ0n) is 18.5. The number of rotatable bonds is 7. The number of carbonyl (C=O) groups is 1. The van der Waals surface area contributed by atoms with Gasteiger partial charge in [-0.25, -0.2) is 8.42 Å². The van der Waals surface area contributed by atoms with Crippen LogP contribution in [0.4, 0.5) is 18.9 Å². The lowest BCUT2D eigenvalue weighted by molar-refractivity contribution is -0.137. The number of anilines is 1. The number of nitrogens with zero attached hydrogens (tertiary/aromatic N) is 3. The molecule has 3 rings (SSSR count). The number of sulfonamides is 1. The van der Waals surface area contributed by atoms with Crippen molar-refractivity contribution in [1.29, 1.82) is 0 Å². The Morgan fingerprint density at radius 3 is 2.32 bits per heavy atom. The van der Waals surface area contributed by atoms with Crippen molar-refractivity contribution in [2.24, 2.45) is 0 Å². The Morgan fingerprint density at radius 2 is 1.74 bits per heavy atom. The van der Waals surface area contributed by atoms with Crippen molar-refractivity contribution in [1.82, 2.24) is 9.80 Å². The lowest BCUT2D eigenvalue weighted by Crippen LogP contribution is -2.51. The number of amides is 1. The molecule has 0 aromatic heterocycles. The molecule has 0 unspecified atom stereocenters. The largest absolute Gasteiger partial charge is 0.417 e. The van der Waals surface area contributed by atoms with Gasteiger partial charge in [0, 0.05) is 32.7 Å². The van der Waals surface area contributed by atoms with Gasteiger partial charge in [0.1, 0.15) is 6.54 Å². The van der Waals surface area contributed by atoms with E-state index in [0.29, 0.717) is 43.1 Å². The molecule has 1 saturated heterocycles. The molecular weight excluding hydrogens is 491 g/mol. The predicted molar refractivity (Wildman–Crippen MR) is 127 cm³/mol. The summed E-state index contributed by atoms with van der Waals surface area (Å²) in [6.45, 7) is 2.10. The smallest absolute Gasteiger partial charge is 0.339 e. The highest BCUT2D eigenvalue weighted by molar-refractivity contribution is 7.92. The van der Waals surface area contributed by atoms with Gasteiger partial charge in [0.15, 0.2) is 0 Å². The summed E-state index contributed by atoms with van der Waals surface area (Å²) in [5.74, 6) is -0.478. The van der Waals surface area contributed by atoms with E-state index in [4.69, 9.17) is 11.6 Å². The van der Waals surface area contributed by atoms with E-state index in [1.807, 2.05) is 42.5 Å². The summed E-state index contributed by atoms with van der Waals surface area (Å²) in [6.07, 6.45) is 0.143. The van der Waals surface area contributed by atoms with Crippen LogP contribution in [-0.4, -0.2) is 69.6 Å². The Bertz CT molecular complexity index is 1130. The molecule has 0 radical (unpaired) electrons. The van der Waals surface area contributed by atoms with Crippen molar-refractivity contribution >= 4 is 39.3 Å². The van der Waals surface area contributed by atoms with Crippen molar-refractivity contribution in [2.75, 3.05) is 49.8 Å². The van der Waals surface area contributed by atoms with E-state index in [1.54, 1.807) is 0 Å². The molecule has 11 heteroatoms. The summed E-state index contributed by atoms with van der Waals surface area (Å²) in [6, 6.07) is 12.6. The third-order valence-electron chi connectivity index (χ3n) is 5.42. The highest BCUT2D eigenvalue weighted by Crippen LogP contribution is 2.37. The number of piperazine rings is 1. The van der Waals surface area contributed by atoms with E-state index < -0.39 is 39.2 Å². The summed E-state index contributed by atoms with van der Waals surface area (Å²) in [5, 5.41) is -0.548. The molecule has 1 heterocycles. The van der Waals surface area contributed by atoms with E-state index in [9.17, 15) is 26.4 Å². The molecule has 1 amide bonds. The molecular formula is C23H25ClF3N3O3S. The first kappa shape index (κ1) is 26.1. The maximum Gasteiger partial charge on any atom is 0.417 e. The Kier molecular flexibility index (Phi) is 8.27. The Hall–Kier alpha value is -2.56. The minimum atomic E-state index is -4.76. The van der Waals surface area contributed by atoms with Crippen LogP contribution in [0.5, 0.6) is 0 Å². The molecule has 0 aliphatic carbocycles. The van der Waals surface area contributed by atoms with Gasteiger partial charge in [-0.1, -0.05) is 54.1 Å². The number of hydrogen-bond donors (Lipinski definition) is 0. The zero-order valence-corrected chi connectivity index (χ0v) is 20.1. The number of halogens is 4. The summed E-state index contributed by atoms with van der Waals surface area (Å²) in [5.41, 5.74) is -0.338. The molecule has 1 fully saturated rings. The number of hydrogen-bond acceptors (Lipinski definition) is 4. The van der Waals surface area contributed by atoms with Crippen LogP contribution in [0.15, 0.2) is 54.6 Å². The van der Waals surface area contributed by atoms with Crippen molar-refractivity contribution in [3.05, 3.63) is 70.8 Å². The molecule has 6 nitrogen and oxygen atoms in total. The topological polar surface area (TPSA) is 60.9 Å². The van der Waals surface area contributed by atoms with E-state index in [2.05, 4.69) is 4.90 Å². The number of benzene rings is 2. The minimum Gasteiger partial charge on any atom is -0.339 e. The molecule has 0 bridgehead atoms. The van der Waals surface area contributed by atoms with Gasteiger partial charge in [-0.2, -0.15) is 13.2 Å². The third-order valence-corrected chi connectivity index (χ3v) is 6.89. The highest BCUT2D eigenvalue weighted by Gasteiger charge is 2.35. The van der Waals surface area contributed by atoms with Gasteiger partial charge >= 0.3 is 6.18 Å². The summed E-state index contributed by atoms with van der Waals surface area (Å²) < 4.78 is 65.0. The normalized spacial score (nSPS) is 15.6. The fourth-order valence-electron chi connectivity index (χ4n) is 3.59. The second-order valence-electron chi connectivity index (χ2n) is 7.93. The van der Waals surface area contributed by atoms with Crippen LogP contribution < -0.4 is 4.31 Å². The number of carbonyl (C=O) groups excluding carboxylic acids is 1. The van der Waals surface area contributed by atoms with Gasteiger partial charge in [0.25, 0.3) is 0 Å². The van der Waals surface area contributed by atoms with Gasteiger partial charge in [-0.3, -0.25) is 14.0 Å². The average molecular weight is 516 g/mol. The summed E-state index contributed by atoms with van der Waals surface area (Å²) in [7, 11) is -4.02. The van der Waals surface area contributed by atoms with Crippen LogP contribution in [0.25, 0.3) is 6.08 Å². The first-order valence-electron chi connectivity index (χ1n) is 10.5. The molecule has 0 N–H and O–H groups in total. The van der Waals surface area contributed by atoms with Crippen molar-refractivity contribution in [3.63, 3.8) is 0 Å². The minimum absolute atomic E-state index is 0.266. The van der Waals surface area contributed by atoms with Crippen LogP contribution in [0, 0.1) is 0 Å². The maximum absolute atomic E-state index is 13.2. The van der Waals surface area contributed by atoms with Gasteiger partial charge in [0.2, 0.25) is 15.9 Å². The lowest BCUT2D eigenvalue weighted by atomic mass is 10.2. The first-order chi connectivity index (χ1) is 15.9. The fraction of sp³-hybridized carbons (Fsp3) is 0.348. The predicted octanol–water partition coefficient (Wildman–Crippen LogP) is 3.98. The summed E-state index contributed by atoms with van der Waals surface area (Å²) in [4.78, 5) is 16.5. The monoisotopic (exact) mass is 515 g/mol. The van der Waals surface area contributed by atoms with Gasteiger partial charge in [0.05, 0.1) is 22.5 Å². The molecule has 0 spiro atoms. The maximum atomic E-state index is 13.2. The second-order valence-corrected chi connectivity index (χ2v) is 10.2. The standard InChI is InChI=1S/C23H25ClF3N3O3S/c1-34(32,33)30(19-9-10-21(24)20(16-19)23(25,26)27)17-22(31)29-14-12-28(13-15-29)11-5-8-18-6-3-2-4-7-18/h2-10,16H,11-15,17H2,1H3/b8-5+. The average Bonchev–Trinajstić information content (AvgIpc) is 2.77. The van der Waals surface area contributed by atoms with Crippen LogP contribution in [0.3, 0.4) is 0 Å². The van der Waals surface area contributed by atoms with E-state index in [0.717, 1.165) is 24.0 Å². The van der Waals surface area contributed by atoms with Crippen molar-refractivity contribution in [2.45, 2.75) is 6.18 Å². The molecule has 0 atom stereocenters. The molecule has 184 valence electrons. The van der Waals surface area contributed by atoms with E-state index >= 15 is 0 Å². The molecule has 2 aromatic carbocycles. The molecule has 34 heavy (non-hydrogen) atoms. The second kappa shape index (κ2) is 10.8. The van der Waals surface area contributed by atoms with Crippen LogP contribution in [0.1, 0.15) is 11.1 Å². The lowest BCUT2D eigenvalue weighted by Gasteiger charge is -2.35. The summed E-state index contributed by atoms with van der Waals surface area (Å²) >= 11 is 5.64. The number of alkyl halides is 3. The zero-order chi connectivity index (χ0) is 24.9. The van der Waals surface area contributed by atoms with Crippen LogP contribution >= 0.6 is 11.6 Å². The van der Waals surface area contributed by atoms with Gasteiger partial charge in [-0.15, -0.1) is 0 Å². The Morgan fingerprint density at radius 1 is 1.09 bits per heavy atom. The fourth-order valence-corrected chi connectivity index (χ4v) is 4.66. The van der Waals surface area contributed by atoms with Gasteiger partial charge in [-0.05, 0) is 23.8 Å². The molecule has 1 aliphatic heterocycles. The Balaban J connectivity index is 1.63. The third kappa shape index (κ3) is 6.97. The Labute approximate surface area is 202 Å². The quantitative estimate of drug-likeness (QED) is 0.559. The van der Waals surface area contributed by atoms with Crippen molar-refractivity contribution in [3.8, 4) is 0 Å². The van der Waals surface area contributed by atoms with Crippen LogP contribution in [0.2, 0.25) is 5.02 Å². The molecule has 0 saturated carbocycles. The van der Waals surface area contributed by atoms with E-state index in [1.165, 1.54) is 4.90 Å². The van der Waals surface area contributed by atoms with Crippen molar-refractivity contribution < 1.29 is 26.4 Å².